The van der Waals surface area contributed by atoms with Crippen LogP contribution in [0, 0.1) is 0 Å². The van der Waals surface area contributed by atoms with E-state index in [-0.39, 0.29) is 29.9 Å². The van der Waals surface area contributed by atoms with Gasteiger partial charge >= 0.3 is 0 Å². The highest BCUT2D eigenvalue weighted by molar-refractivity contribution is 7.91. The second kappa shape index (κ2) is 4.33. The minimum Gasteiger partial charge on any atom is -0.338 e. The van der Waals surface area contributed by atoms with Crippen LogP contribution in [0.15, 0.2) is 0 Å². The summed E-state index contributed by atoms with van der Waals surface area (Å²) in [7, 11) is -2.97. The molecular formula is C10H20N2O3S. The highest BCUT2D eigenvalue weighted by atomic mass is 32.2. The van der Waals surface area contributed by atoms with Gasteiger partial charge in [0.05, 0.1) is 11.5 Å². The summed E-state index contributed by atoms with van der Waals surface area (Å²) in [5.41, 5.74) is 5.23. The van der Waals surface area contributed by atoms with Gasteiger partial charge in [-0.3, -0.25) is 4.79 Å². The predicted octanol–water partition coefficient (Wildman–Crippen LogP) is -0.241. The monoisotopic (exact) mass is 248 g/mol. The van der Waals surface area contributed by atoms with Crippen LogP contribution in [0.25, 0.3) is 0 Å². The molecule has 1 fully saturated rings. The van der Waals surface area contributed by atoms with Gasteiger partial charge < -0.3 is 10.6 Å². The van der Waals surface area contributed by atoms with Crippen LogP contribution < -0.4 is 5.73 Å². The molecule has 5 nitrogen and oxygen atoms in total. The lowest BCUT2D eigenvalue weighted by Gasteiger charge is -2.34. The van der Waals surface area contributed by atoms with Crippen LogP contribution in [0.5, 0.6) is 0 Å². The van der Waals surface area contributed by atoms with Crippen LogP contribution in [0.4, 0.5) is 0 Å². The summed E-state index contributed by atoms with van der Waals surface area (Å²) in [6, 6.07) is -0.242. The molecule has 6 heteroatoms. The number of hydrogen-bond acceptors (Lipinski definition) is 4. The van der Waals surface area contributed by atoms with Crippen LogP contribution >= 0.6 is 0 Å². The normalized spacial score (nSPS) is 25.5. The van der Waals surface area contributed by atoms with E-state index in [4.69, 9.17) is 5.73 Å². The first-order valence-electron chi connectivity index (χ1n) is 5.39. The molecule has 0 aromatic carbocycles. The van der Waals surface area contributed by atoms with Crippen molar-refractivity contribution in [2.45, 2.75) is 38.8 Å². The Labute approximate surface area is 96.9 Å². The fourth-order valence-corrected chi connectivity index (χ4v) is 3.42. The molecule has 1 unspecified atom stereocenters. The van der Waals surface area contributed by atoms with Gasteiger partial charge in [0.25, 0.3) is 0 Å². The number of hydrogen-bond donors (Lipinski definition) is 1. The Morgan fingerprint density at radius 1 is 1.50 bits per heavy atom. The van der Waals surface area contributed by atoms with E-state index in [1.54, 1.807) is 25.7 Å². The second-order valence-electron chi connectivity index (χ2n) is 5.22. The molecule has 1 saturated heterocycles. The zero-order chi connectivity index (χ0) is 12.6. The molecule has 1 aliphatic rings. The third kappa shape index (κ3) is 3.75. The molecule has 0 spiro atoms. The summed E-state index contributed by atoms with van der Waals surface area (Å²) in [6.07, 6.45) is 0.247. The molecule has 16 heavy (non-hydrogen) atoms. The number of carbonyl (C=O) groups is 1. The molecule has 0 aliphatic carbocycles. The van der Waals surface area contributed by atoms with E-state index in [1.807, 2.05) is 0 Å². The number of nitrogens with zero attached hydrogens (tertiary/aromatic N) is 1. The number of nitrogens with two attached hydrogens (primary N) is 1. The molecule has 1 atom stereocenters. The van der Waals surface area contributed by atoms with Crippen molar-refractivity contribution in [2.75, 3.05) is 18.1 Å². The fourth-order valence-electron chi connectivity index (χ4n) is 1.86. The van der Waals surface area contributed by atoms with E-state index in [2.05, 4.69) is 0 Å². The van der Waals surface area contributed by atoms with Gasteiger partial charge in [-0.2, -0.15) is 0 Å². The Morgan fingerprint density at radius 3 is 2.50 bits per heavy atom. The first kappa shape index (κ1) is 13.4. The predicted molar refractivity (Wildman–Crippen MR) is 62.7 cm³/mol. The molecule has 1 aliphatic heterocycles. The van der Waals surface area contributed by atoms with E-state index in [0.717, 1.165) is 0 Å². The minimum absolute atomic E-state index is 0.0593. The van der Waals surface area contributed by atoms with Crippen LogP contribution in [-0.4, -0.2) is 48.9 Å². The molecule has 0 bridgehead atoms. The van der Waals surface area contributed by atoms with Gasteiger partial charge in [-0.25, -0.2) is 8.42 Å². The third-order valence-electron chi connectivity index (χ3n) is 2.60. The van der Waals surface area contributed by atoms with Crippen molar-refractivity contribution in [2.24, 2.45) is 5.73 Å². The van der Waals surface area contributed by atoms with Gasteiger partial charge in [0, 0.05) is 24.5 Å². The van der Waals surface area contributed by atoms with Crippen molar-refractivity contribution in [1.82, 2.24) is 4.90 Å². The maximum absolute atomic E-state index is 11.9. The van der Waals surface area contributed by atoms with Gasteiger partial charge in [-0.05, 0) is 20.8 Å². The van der Waals surface area contributed by atoms with Gasteiger partial charge in [-0.1, -0.05) is 0 Å². The molecule has 0 aromatic heterocycles. The fraction of sp³-hybridized carbons (Fsp3) is 0.900. The van der Waals surface area contributed by atoms with Crippen LogP contribution in [0.1, 0.15) is 27.2 Å². The molecule has 1 rings (SSSR count). The van der Waals surface area contributed by atoms with E-state index < -0.39 is 15.4 Å². The highest BCUT2D eigenvalue weighted by Gasteiger charge is 2.32. The smallest absolute Gasteiger partial charge is 0.224 e. The van der Waals surface area contributed by atoms with E-state index >= 15 is 0 Å². The van der Waals surface area contributed by atoms with E-state index in [0.29, 0.717) is 6.54 Å². The molecule has 2 N–H and O–H groups in total. The standard InChI is InChI=1S/C10H20N2O3S/c1-8-7-16(14,15)5-4-12(8)9(13)6-10(2,3)11/h8H,4-7,11H2,1-3H3. The Hall–Kier alpha value is -0.620. The lowest BCUT2D eigenvalue weighted by atomic mass is 10.0. The zero-order valence-electron chi connectivity index (χ0n) is 10.1. The third-order valence-corrected chi connectivity index (χ3v) is 4.39. The van der Waals surface area contributed by atoms with Crippen molar-refractivity contribution >= 4 is 15.7 Å². The van der Waals surface area contributed by atoms with Crippen LogP contribution in [0.2, 0.25) is 0 Å². The topological polar surface area (TPSA) is 80.5 Å². The molecule has 0 aromatic rings. The van der Waals surface area contributed by atoms with Crippen molar-refractivity contribution in [3.8, 4) is 0 Å². The molecular weight excluding hydrogens is 228 g/mol. The van der Waals surface area contributed by atoms with E-state index in [1.165, 1.54) is 0 Å². The molecule has 0 saturated carbocycles. The Balaban J connectivity index is 2.66. The van der Waals surface area contributed by atoms with Crippen molar-refractivity contribution in [1.29, 1.82) is 0 Å². The number of carbonyl (C=O) groups excluding carboxylic acids is 1. The average molecular weight is 248 g/mol. The Bertz CT molecular complexity index is 370. The van der Waals surface area contributed by atoms with Crippen molar-refractivity contribution < 1.29 is 13.2 Å². The maximum atomic E-state index is 11.9. The summed E-state index contributed by atoms with van der Waals surface area (Å²) in [5, 5.41) is 0. The average Bonchev–Trinajstić information content (AvgIpc) is 1.97. The zero-order valence-corrected chi connectivity index (χ0v) is 10.9. The Morgan fingerprint density at radius 2 is 2.06 bits per heavy atom. The summed E-state index contributed by atoms with van der Waals surface area (Å²) in [6.45, 7) is 5.63. The number of amides is 1. The molecule has 1 heterocycles. The minimum atomic E-state index is -2.97. The SMILES string of the molecule is CC1CS(=O)(=O)CCN1C(=O)CC(C)(C)N. The summed E-state index contributed by atoms with van der Waals surface area (Å²) in [4.78, 5) is 13.5. The molecule has 94 valence electrons. The first-order valence-corrected chi connectivity index (χ1v) is 7.22. The summed E-state index contributed by atoms with van der Waals surface area (Å²) >= 11 is 0. The van der Waals surface area contributed by atoms with Crippen molar-refractivity contribution in [3.63, 3.8) is 0 Å². The van der Waals surface area contributed by atoms with Gasteiger partial charge in [0.1, 0.15) is 0 Å². The largest absolute Gasteiger partial charge is 0.338 e. The lowest BCUT2D eigenvalue weighted by Crippen LogP contribution is -2.52. The lowest BCUT2D eigenvalue weighted by molar-refractivity contribution is -0.133. The van der Waals surface area contributed by atoms with Gasteiger partial charge in [0.2, 0.25) is 5.91 Å². The number of sulfone groups is 1. The van der Waals surface area contributed by atoms with Gasteiger partial charge in [0.15, 0.2) is 9.84 Å². The van der Waals surface area contributed by atoms with Crippen LogP contribution in [-0.2, 0) is 14.6 Å². The quantitative estimate of drug-likeness (QED) is 0.731. The summed E-state index contributed by atoms with van der Waals surface area (Å²) in [5.74, 6) is 0.0626. The van der Waals surface area contributed by atoms with Crippen molar-refractivity contribution in [3.05, 3.63) is 0 Å². The first-order chi connectivity index (χ1) is 7.11. The maximum Gasteiger partial charge on any atom is 0.224 e. The summed E-state index contributed by atoms with van der Waals surface area (Å²) < 4.78 is 22.7. The highest BCUT2D eigenvalue weighted by Crippen LogP contribution is 2.15. The van der Waals surface area contributed by atoms with E-state index in [9.17, 15) is 13.2 Å². The number of rotatable bonds is 2. The van der Waals surface area contributed by atoms with Crippen LogP contribution in [0.3, 0.4) is 0 Å². The van der Waals surface area contributed by atoms with Gasteiger partial charge in [-0.15, -0.1) is 0 Å². The molecule has 0 radical (unpaired) electrons. The Kier molecular flexibility index (Phi) is 3.64. The second-order valence-corrected chi connectivity index (χ2v) is 7.44. The molecule has 1 amide bonds.